The van der Waals surface area contributed by atoms with Crippen molar-refractivity contribution in [2.75, 3.05) is 18.1 Å². The van der Waals surface area contributed by atoms with E-state index in [1.165, 1.54) is 0 Å². The zero-order valence-corrected chi connectivity index (χ0v) is 7.51. The molecular weight excluding hydrogens is 178 g/mol. The summed E-state index contributed by atoms with van der Waals surface area (Å²) in [6, 6.07) is 0. The Labute approximate surface area is 75.1 Å². The second kappa shape index (κ2) is 3.64. The van der Waals surface area contributed by atoms with Crippen molar-refractivity contribution in [1.82, 2.24) is 0 Å². The van der Waals surface area contributed by atoms with E-state index in [4.69, 9.17) is 15.9 Å². The topological polar surface area (TPSA) is 83.6 Å². The van der Waals surface area contributed by atoms with Crippen LogP contribution in [0.5, 0.6) is 0 Å². The van der Waals surface area contributed by atoms with Gasteiger partial charge in [-0.05, 0) is 18.1 Å². The minimum atomic E-state index is -0.970. The number of thioether (sulfide) groups is 1. The van der Waals surface area contributed by atoms with Crippen molar-refractivity contribution >= 4 is 17.7 Å². The van der Waals surface area contributed by atoms with Gasteiger partial charge in [0.15, 0.2) is 0 Å². The van der Waals surface area contributed by atoms with Crippen LogP contribution in [0.1, 0.15) is 6.42 Å². The summed E-state index contributed by atoms with van der Waals surface area (Å²) in [5, 5.41) is 17.1. The van der Waals surface area contributed by atoms with Crippen LogP contribution in [0.2, 0.25) is 0 Å². The number of aliphatic hydroxyl groups excluding tert-OH is 1. The third-order valence-corrected chi connectivity index (χ3v) is 3.21. The van der Waals surface area contributed by atoms with Crippen LogP contribution in [0.3, 0.4) is 0 Å². The van der Waals surface area contributed by atoms with Crippen LogP contribution in [0.15, 0.2) is 0 Å². The predicted molar refractivity (Wildman–Crippen MR) is 47.1 cm³/mol. The normalized spacial score (nSPS) is 33.3. The molecule has 1 aliphatic rings. The molecule has 0 saturated heterocycles. The molecule has 0 amide bonds. The van der Waals surface area contributed by atoms with Crippen molar-refractivity contribution in [3.8, 4) is 0 Å². The van der Waals surface area contributed by atoms with Gasteiger partial charge in [-0.25, -0.2) is 0 Å². The van der Waals surface area contributed by atoms with E-state index in [1.54, 1.807) is 11.8 Å². The fourth-order valence-corrected chi connectivity index (χ4v) is 2.10. The molecule has 1 fully saturated rings. The summed E-state index contributed by atoms with van der Waals surface area (Å²) in [5.41, 5.74) is 4.57. The van der Waals surface area contributed by atoms with Gasteiger partial charge in [-0.15, -0.1) is 0 Å². The minimum absolute atomic E-state index is 0.0894. The van der Waals surface area contributed by atoms with Gasteiger partial charge in [0.1, 0.15) is 5.54 Å². The molecule has 2 unspecified atom stereocenters. The van der Waals surface area contributed by atoms with Gasteiger partial charge in [-0.2, -0.15) is 11.8 Å². The van der Waals surface area contributed by atoms with Gasteiger partial charge in [0, 0.05) is 5.75 Å². The molecule has 5 heteroatoms. The van der Waals surface area contributed by atoms with E-state index in [2.05, 4.69) is 0 Å². The zero-order chi connectivity index (χ0) is 9.19. The molecule has 0 bridgehead atoms. The Kier molecular flexibility index (Phi) is 2.98. The Hall–Kier alpha value is -0.260. The van der Waals surface area contributed by atoms with Crippen molar-refractivity contribution in [3.63, 3.8) is 0 Å². The van der Waals surface area contributed by atoms with Crippen LogP contribution >= 0.6 is 11.8 Å². The number of aliphatic hydroxyl groups is 1. The first-order valence-corrected chi connectivity index (χ1v) is 4.97. The van der Waals surface area contributed by atoms with E-state index in [0.29, 0.717) is 12.2 Å². The van der Waals surface area contributed by atoms with Crippen LogP contribution in [-0.4, -0.2) is 39.8 Å². The van der Waals surface area contributed by atoms with Crippen LogP contribution < -0.4 is 5.73 Å². The molecule has 0 aromatic heterocycles. The first-order chi connectivity index (χ1) is 5.61. The number of aliphatic carboxylic acids is 1. The summed E-state index contributed by atoms with van der Waals surface area (Å²) < 4.78 is 0. The van der Waals surface area contributed by atoms with E-state index in [-0.39, 0.29) is 12.5 Å². The minimum Gasteiger partial charge on any atom is -0.480 e. The van der Waals surface area contributed by atoms with Crippen molar-refractivity contribution in [2.24, 2.45) is 11.7 Å². The highest BCUT2D eigenvalue weighted by molar-refractivity contribution is 7.99. The molecular formula is C7H13NO3S. The molecule has 0 aromatic carbocycles. The van der Waals surface area contributed by atoms with Crippen LogP contribution in [0.4, 0.5) is 0 Å². The SMILES string of the molecule is NC1(C(=O)O)CC1CSCCO. The highest BCUT2D eigenvalue weighted by Gasteiger charge is 2.57. The maximum atomic E-state index is 10.5. The maximum Gasteiger partial charge on any atom is 0.324 e. The number of carboxylic acids is 1. The largest absolute Gasteiger partial charge is 0.480 e. The molecule has 1 rings (SSSR count). The number of carbonyl (C=O) groups is 1. The van der Waals surface area contributed by atoms with Gasteiger partial charge in [0.25, 0.3) is 0 Å². The van der Waals surface area contributed by atoms with Gasteiger partial charge in [0.2, 0.25) is 0 Å². The molecule has 1 aliphatic carbocycles. The number of hydrogen-bond donors (Lipinski definition) is 3. The van der Waals surface area contributed by atoms with Gasteiger partial charge in [-0.1, -0.05) is 0 Å². The van der Waals surface area contributed by atoms with E-state index in [9.17, 15) is 4.79 Å². The first-order valence-electron chi connectivity index (χ1n) is 3.82. The lowest BCUT2D eigenvalue weighted by molar-refractivity contribution is -0.139. The summed E-state index contributed by atoms with van der Waals surface area (Å²) in [4.78, 5) is 10.5. The van der Waals surface area contributed by atoms with Crippen LogP contribution in [-0.2, 0) is 4.79 Å². The van der Waals surface area contributed by atoms with E-state index in [0.717, 1.165) is 5.75 Å². The average molecular weight is 191 g/mol. The Balaban J connectivity index is 2.19. The highest BCUT2D eigenvalue weighted by atomic mass is 32.2. The van der Waals surface area contributed by atoms with Crippen molar-refractivity contribution in [2.45, 2.75) is 12.0 Å². The lowest BCUT2D eigenvalue weighted by atomic mass is 10.2. The van der Waals surface area contributed by atoms with Gasteiger partial charge < -0.3 is 15.9 Å². The number of carboxylic acid groups (broad SMARTS) is 1. The molecule has 0 heterocycles. The van der Waals surface area contributed by atoms with Crippen molar-refractivity contribution in [1.29, 1.82) is 0 Å². The van der Waals surface area contributed by atoms with E-state index < -0.39 is 11.5 Å². The number of nitrogens with two attached hydrogens (primary N) is 1. The molecule has 4 nitrogen and oxygen atoms in total. The molecule has 4 N–H and O–H groups in total. The van der Waals surface area contributed by atoms with Crippen LogP contribution in [0, 0.1) is 5.92 Å². The summed E-state index contributed by atoms with van der Waals surface area (Å²) in [5.74, 6) is 0.582. The first kappa shape index (κ1) is 9.83. The molecule has 2 atom stereocenters. The van der Waals surface area contributed by atoms with Gasteiger partial charge in [0.05, 0.1) is 6.61 Å². The maximum absolute atomic E-state index is 10.5. The Morgan fingerprint density at radius 1 is 1.75 bits per heavy atom. The standard InChI is InChI=1S/C7H13NO3S/c8-7(6(10)11)3-5(7)4-12-2-1-9/h5,9H,1-4,8H2,(H,10,11). The molecule has 12 heavy (non-hydrogen) atoms. The average Bonchev–Trinajstić information content (AvgIpc) is 2.64. The fraction of sp³-hybridized carbons (Fsp3) is 0.857. The van der Waals surface area contributed by atoms with Crippen molar-refractivity contribution in [3.05, 3.63) is 0 Å². The summed E-state index contributed by atoms with van der Waals surface area (Å²) >= 11 is 1.55. The molecule has 0 aromatic rings. The lowest BCUT2D eigenvalue weighted by Gasteiger charge is -2.03. The second-order valence-electron chi connectivity index (χ2n) is 3.05. The van der Waals surface area contributed by atoms with Gasteiger partial charge in [-0.3, -0.25) is 4.79 Å². The monoisotopic (exact) mass is 191 g/mol. The molecule has 1 saturated carbocycles. The third-order valence-electron chi connectivity index (χ3n) is 2.11. The van der Waals surface area contributed by atoms with Crippen LogP contribution in [0.25, 0.3) is 0 Å². The van der Waals surface area contributed by atoms with E-state index in [1.807, 2.05) is 0 Å². The van der Waals surface area contributed by atoms with Crippen molar-refractivity contribution < 1.29 is 15.0 Å². The number of rotatable bonds is 5. The smallest absolute Gasteiger partial charge is 0.324 e. The summed E-state index contributed by atoms with van der Waals surface area (Å²) in [6.45, 7) is 0.141. The van der Waals surface area contributed by atoms with E-state index >= 15 is 0 Å². The van der Waals surface area contributed by atoms with Gasteiger partial charge >= 0.3 is 5.97 Å². The Bertz CT molecular complexity index is 187. The molecule has 0 radical (unpaired) electrons. The summed E-state index contributed by atoms with van der Waals surface area (Å²) in [7, 11) is 0. The highest BCUT2D eigenvalue weighted by Crippen LogP contribution is 2.43. The quantitative estimate of drug-likeness (QED) is 0.511. The predicted octanol–water partition coefficient (Wildman–Crippen LogP) is -0.486. The Morgan fingerprint density at radius 2 is 2.42 bits per heavy atom. The lowest BCUT2D eigenvalue weighted by Crippen LogP contribution is -2.35. The zero-order valence-electron chi connectivity index (χ0n) is 6.69. The Morgan fingerprint density at radius 3 is 2.83 bits per heavy atom. The molecule has 0 aliphatic heterocycles. The second-order valence-corrected chi connectivity index (χ2v) is 4.19. The third kappa shape index (κ3) is 1.91. The summed E-state index contributed by atoms with van der Waals surface area (Å²) in [6.07, 6.45) is 0.570. The fourth-order valence-electron chi connectivity index (χ4n) is 1.11. The molecule has 0 spiro atoms. The number of hydrogen-bond acceptors (Lipinski definition) is 4. The molecule has 70 valence electrons.